The highest BCUT2D eigenvalue weighted by atomic mass is 79.9. The van der Waals surface area contributed by atoms with Gasteiger partial charge in [0.15, 0.2) is 11.5 Å². The first kappa shape index (κ1) is 9.06. The van der Waals surface area contributed by atoms with Crippen molar-refractivity contribution in [1.29, 1.82) is 0 Å². The van der Waals surface area contributed by atoms with E-state index in [2.05, 4.69) is 15.9 Å². The van der Waals surface area contributed by atoms with Crippen LogP contribution in [0.25, 0.3) is 0 Å². The molecule has 0 aliphatic carbocycles. The number of hydrogen-bond acceptors (Lipinski definition) is 4. The fraction of sp³-hybridized carbons (Fsp3) is 0. The van der Waals surface area contributed by atoms with Gasteiger partial charge in [0, 0.05) is 0 Å². The second-order valence-electron chi connectivity index (χ2n) is 2.12. The predicted octanol–water partition coefficient (Wildman–Crippen LogP) is 0.0653. The number of halogens is 1. The van der Waals surface area contributed by atoms with E-state index < -0.39 is 28.5 Å². The summed E-state index contributed by atoms with van der Waals surface area (Å²) in [7, 11) is 5.15. The Morgan fingerprint density at radius 3 is 1.83 bits per heavy atom. The minimum absolute atomic E-state index is 0.157. The molecule has 4 N–H and O–H groups in total. The van der Waals surface area contributed by atoms with Gasteiger partial charge in [-0.1, -0.05) is 0 Å². The molecule has 2 radical (unpaired) electrons. The van der Waals surface area contributed by atoms with E-state index in [0.717, 1.165) is 0 Å². The molecule has 0 fully saturated rings. The van der Waals surface area contributed by atoms with E-state index in [1.54, 1.807) is 0 Å². The van der Waals surface area contributed by atoms with Crippen LogP contribution in [0.4, 0.5) is 0 Å². The minimum atomic E-state index is -0.767. The van der Waals surface area contributed by atoms with Gasteiger partial charge in [0.2, 0.25) is 5.75 Å². The van der Waals surface area contributed by atoms with Crippen LogP contribution in [0.5, 0.6) is 23.0 Å². The zero-order valence-corrected chi connectivity index (χ0v) is 7.33. The average Bonchev–Trinajstić information content (AvgIpc) is 2.08. The third-order valence-electron chi connectivity index (χ3n) is 1.37. The summed E-state index contributed by atoms with van der Waals surface area (Å²) in [6, 6.07) is 0. The van der Waals surface area contributed by atoms with Crippen molar-refractivity contribution in [1.82, 2.24) is 0 Å². The first-order valence-electron chi connectivity index (χ1n) is 2.87. The number of rotatable bonds is 0. The first-order chi connectivity index (χ1) is 5.46. The summed E-state index contributed by atoms with van der Waals surface area (Å²) in [6.45, 7) is 0. The van der Waals surface area contributed by atoms with Gasteiger partial charge >= 0.3 is 0 Å². The lowest BCUT2D eigenvalue weighted by atomic mass is 9.93. The fourth-order valence-electron chi connectivity index (χ4n) is 0.686. The molecule has 0 atom stereocenters. The summed E-state index contributed by atoms with van der Waals surface area (Å²) in [6.07, 6.45) is 0. The predicted molar refractivity (Wildman–Crippen MR) is 46.2 cm³/mol. The summed E-state index contributed by atoms with van der Waals surface area (Å²) < 4.78 is -0.157. The molecule has 1 aromatic rings. The largest absolute Gasteiger partial charge is 0.507 e. The van der Waals surface area contributed by atoms with Crippen molar-refractivity contribution < 1.29 is 20.4 Å². The van der Waals surface area contributed by atoms with Gasteiger partial charge < -0.3 is 20.4 Å². The molecule has 0 unspecified atom stereocenters. The highest BCUT2D eigenvalue weighted by Gasteiger charge is 2.17. The summed E-state index contributed by atoms with van der Waals surface area (Å²) in [4.78, 5) is 0. The van der Waals surface area contributed by atoms with Crippen molar-refractivity contribution >= 4 is 29.2 Å². The average molecular weight is 231 g/mol. The first-order valence-corrected chi connectivity index (χ1v) is 3.67. The number of benzene rings is 1. The highest BCUT2D eigenvalue weighted by molar-refractivity contribution is 9.10. The zero-order chi connectivity index (χ0) is 9.46. The van der Waals surface area contributed by atoms with E-state index in [4.69, 9.17) is 28.3 Å². The number of phenolic OH excluding ortho intramolecular Hbond substituents is 4. The van der Waals surface area contributed by atoms with Gasteiger partial charge in [0.1, 0.15) is 18.1 Å². The van der Waals surface area contributed by atoms with Crippen molar-refractivity contribution in [3.63, 3.8) is 0 Å². The third-order valence-corrected chi connectivity index (χ3v) is 2.13. The lowest BCUT2D eigenvalue weighted by Gasteiger charge is -2.08. The smallest absolute Gasteiger partial charge is 0.201 e. The van der Waals surface area contributed by atoms with Crippen molar-refractivity contribution in [2.75, 3.05) is 0 Å². The molecule has 0 saturated heterocycles. The zero-order valence-electron chi connectivity index (χ0n) is 5.74. The van der Waals surface area contributed by atoms with Gasteiger partial charge in [-0.25, -0.2) is 0 Å². The van der Waals surface area contributed by atoms with Gasteiger partial charge in [-0.3, -0.25) is 0 Å². The number of aromatic hydroxyl groups is 4. The third kappa shape index (κ3) is 1.08. The molecule has 6 heteroatoms. The molecule has 0 bridgehead atoms. The number of phenols is 4. The van der Waals surface area contributed by atoms with Gasteiger partial charge in [-0.15, -0.1) is 0 Å². The van der Waals surface area contributed by atoms with E-state index in [0.29, 0.717) is 0 Å². The SMILES string of the molecule is [B]c1c(O)c(O)c(O)c(Br)c1O. The molecule has 62 valence electrons. The molecular weight excluding hydrogens is 227 g/mol. The van der Waals surface area contributed by atoms with Crippen LogP contribution in [0.2, 0.25) is 0 Å². The second-order valence-corrected chi connectivity index (χ2v) is 2.92. The standard InChI is InChI=1S/C6H4BBrO4/c7-1-3(9)2(8)5(11)6(12)4(1)10/h9-12H. The van der Waals surface area contributed by atoms with Crippen LogP contribution >= 0.6 is 15.9 Å². The molecule has 0 saturated carbocycles. The Morgan fingerprint density at radius 2 is 1.33 bits per heavy atom. The Morgan fingerprint density at radius 1 is 0.833 bits per heavy atom. The molecule has 0 aromatic heterocycles. The maximum absolute atomic E-state index is 9.09. The van der Waals surface area contributed by atoms with E-state index >= 15 is 0 Å². The summed E-state index contributed by atoms with van der Waals surface area (Å²) in [5, 5.41) is 36.1. The Labute approximate surface area is 77.6 Å². The Hall–Kier alpha value is -1.04. The molecule has 0 aliphatic rings. The summed E-state index contributed by atoms with van der Waals surface area (Å²) in [5.74, 6) is -2.67. The minimum Gasteiger partial charge on any atom is -0.507 e. The molecule has 1 rings (SSSR count). The van der Waals surface area contributed by atoms with Crippen LogP contribution < -0.4 is 5.46 Å². The second kappa shape index (κ2) is 2.78. The molecular formula is C6H4BBrO4. The molecule has 0 spiro atoms. The molecule has 0 heterocycles. The molecule has 0 aliphatic heterocycles. The summed E-state index contributed by atoms with van der Waals surface area (Å²) >= 11 is 2.76. The maximum atomic E-state index is 9.09. The maximum Gasteiger partial charge on any atom is 0.201 e. The quantitative estimate of drug-likeness (QED) is 0.289. The van der Waals surface area contributed by atoms with Crippen LogP contribution in [0.3, 0.4) is 0 Å². The molecule has 1 aromatic carbocycles. The van der Waals surface area contributed by atoms with Crippen LogP contribution in [0, 0.1) is 0 Å². The van der Waals surface area contributed by atoms with E-state index in [-0.39, 0.29) is 4.47 Å². The van der Waals surface area contributed by atoms with Crippen LogP contribution in [0.15, 0.2) is 4.47 Å². The van der Waals surface area contributed by atoms with Crippen LogP contribution in [0.1, 0.15) is 0 Å². The van der Waals surface area contributed by atoms with Crippen molar-refractivity contribution in [2.24, 2.45) is 0 Å². The lowest BCUT2D eigenvalue weighted by Crippen LogP contribution is -2.04. The Bertz CT molecular complexity index is 234. The monoisotopic (exact) mass is 230 g/mol. The fourth-order valence-corrected chi connectivity index (χ4v) is 1.09. The number of hydrogen-bond donors (Lipinski definition) is 4. The van der Waals surface area contributed by atoms with Gasteiger partial charge in [-0.05, 0) is 21.4 Å². The van der Waals surface area contributed by atoms with Gasteiger partial charge in [-0.2, -0.15) is 0 Å². The molecule has 4 nitrogen and oxygen atoms in total. The topological polar surface area (TPSA) is 80.9 Å². The highest BCUT2D eigenvalue weighted by Crippen LogP contribution is 2.43. The van der Waals surface area contributed by atoms with Crippen molar-refractivity contribution in [2.45, 2.75) is 0 Å². The van der Waals surface area contributed by atoms with E-state index in [1.807, 2.05) is 0 Å². The van der Waals surface area contributed by atoms with Crippen LogP contribution in [-0.2, 0) is 0 Å². The van der Waals surface area contributed by atoms with Gasteiger partial charge in [0.25, 0.3) is 0 Å². The summed E-state index contributed by atoms with van der Waals surface area (Å²) in [5.41, 5.74) is -0.392. The van der Waals surface area contributed by atoms with Crippen LogP contribution in [-0.4, -0.2) is 28.3 Å². The molecule has 0 amide bonds. The normalized spacial score (nSPS) is 10.1. The van der Waals surface area contributed by atoms with Gasteiger partial charge in [0.05, 0.1) is 0 Å². The lowest BCUT2D eigenvalue weighted by molar-refractivity contribution is 0.362. The van der Waals surface area contributed by atoms with Crippen molar-refractivity contribution in [3.8, 4) is 23.0 Å². The Balaban J connectivity index is 3.60. The van der Waals surface area contributed by atoms with E-state index in [9.17, 15) is 0 Å². The Kier molecular flexibility index (Phi) is 2.10. The van der Waals surface area contributed by atoms with E-state index in [1.165, 1.54) is 0 Å². The molecule has 12 heavy (non-hydrogen) atoms. The van der Waals surface area contributed by atoms with Crippen molar-refractivity contribution in [3.05, 3.63) is 4.47 Å².